The van der Waals surface area contributed by atoms with Crippen LogP contribution in [-0.2, 0) is 4.79 Å². The predicted molar refractivity (Wildman–Crippen MR) is 102 cm³/mol. The van der Waals surface area contributed by atoms with Crippen molar-refractivity contribution in [1.29, 1.82) is 5.26 Å². The van der Waals surface area contributed by atoms with E-state index in [0.717, 1.165) is 22.3 Å². The van der Waals surface area contributed by atoms with Gasteiger partial charge in [0.05, 0.1) is 17.3 Å². The Morgan fingerprint density at radius 1 is 1.21 bits per heavy atom. The number of benzene rings is 2. The Kier molecular flexibility index (Phi) is 3.52. The van der Waals surface area contributed by atoms with Crippen LogP contribution in [0.5, 0.6) is 0 Å². The molecule has 7 heteroatoms. The molecule has 0 aliphatic carbocycles. The van der Waals surface area contributed by atoms with E-state index >= 15 is 0 Å². The normalized spacial score (nSPS) is 15.9. The highest BCUT2D eigenvalue weighted by Gasteiger charge is 2.33. The second-order valence-electron chi connectivity index (χ2n) is 6.76. The van der Waals surface area contributed by atoms with Crippen molar-refractivity contribution >= 4 is 22.8 Å². The van der Waals surface area contributed by atoms with Gasteiger partial charge in [-0.1, -0.05) is 24.3 Å². The lowest BCUT2D eigenvalue weighted by atomic mass is 9.85. The molecule has 1 unspecified atom stereocenters. The van der Waals surface area contributed by atoms with E-state index in [1.54, 1.807) is 16.8 Å². The van der Waals surface area contributed by atoms with Crippen LogP contribution in [0.1, 0.15) is 34.7 Å². The maximum absolute atomic E-state index is 12.4. The number of para-hydroxylation sites is 2. The van der Waals surface area contributed by atoms with Crippen LogP contribution >= 0.6 is 0 Å². The number of nitriles is 1. The lowest BCUT2D eigenvalue weighted by molar-refractivity contribution is -0.116. The number of hydrogen-bond donors (Lipinski definition) is 1. The van der Waals surface area contributed by atoms with Crippen LogP contribution in [0.3, 0.4) is 0 Å². The number of nitrogens with one attached hydrogen (secondary N) is 1. The Hall–Kier alpha value is -3.92. The minimum absolute atomic E-state index is 0.0980. The van der Waals surface area contributed by atoms with Crippen molar-refractivity contribution < 1.29 is 9.21 Å². The zero-order chi connectivity index (χ0) is 19.3. The molecule has 0 bridgehead atoms. The van der Waals surface area contributed by atoms with E-state index in [2.05, 4.69) is 21.5 Å². The smallest absolute Gasteiger partial charge is 0.325 e. The molecule has 1 aliphatic rings. The highest BCUT2D eigenvalue weighted by molar-refractivity contribution is 5.95. The first-order valence-corrected chi connectivity index (χ1v) is 8.89. The molecule has 0 fully saturated rings. The molecule has 0 radical (unpaired) electrons. The number of aryl methyl sites for hydroxylation is 1. The monoisotopic (exact) mass is 369 g/mol. The van der Waals surface area contributed by atoms with Gasteiger partial charge in [0.25, 0.3) is 0 Å². The van der Waals surface area contributed by atoms with Gasteiger partial charge >= 0.3 is 6.01 Å². The van der Waals surface area contributed by atoms with E-state index in [1.165, 1.54) is 0 Å². The van der Waals surface area contributed by atoms with Gasteiger partial charge in [-0.25, -0.2) is 0 Å². The number of carbonyl (C=O) groups is 1. The van der Waals surface area contributed by atoms with Crippen molar-refractivity contribution in [3.05, 3.63) is 70.9 Å². The first-order chi connectivity index (χ1) is 13.6. The minimum atomic E-state index is -0.144. The molecule has 3 heterocycles. The van der Waals surface area contributed by atoms with E-state index in [-0.39, 0.29) is 11.8 Å². The lowest BCUT2D eigenvalue weighted by Gasteiger charge is -2.24. The van der Waals surface area contributed by atoms with Crippen LogP contribution in [0.4, 0.5) is 5.82 Å². The molecule has 7 nitrogen and oxygen atoms in total. The van der Waals surface area contributed by atoms with Gasteiger partial charge in [0.15, 0.2) is 5.58 Å². The summed E-state index contributed by atoms with van der Waals surface area (Å²) >= 11 is 0. The molecule has 1 N–H and O–H groups in total. The molecule has 2 aromatic carbocycles. The van der Waals surface area contributed by atoms with E-state index in [4.69, 9.17) is 9.68 Å². The fraction of sp³-hybridized carbons (Fsp3) is 0.143. The molecule has 2 aromatic heterocycles. The third kappa shape index (κ3) is 2.47. The Morgan fingerprint density at radius 3 is 2.75 bits per heavy atom. The quantitative estimate of drug-likeness (QED) is 0.581. The zero-order valence-corrected chi connectivity index (χ0v) is 15.0. The molecule has 136 valence electrons. The fourth-order valence-electron chi connectivity index (χ4n) is 3.71. The van der Waals surface area contributed by atoms with E-state index < -0.39 is 0 Å². The highest BCUT2D eigenvalue weighted by atomic mass is 16.4. The van der Waals surface area contributed by atoms with Gasteiger partial charge in [-0.3, -0.25) is 4.79 Å². The molecule has 0 saturated carbocycles. The minimum Gasteiger partial charge on any atom is -0.422 e. The second kappa shape index (κ2) is 6.06. The fourth-order valence-corrected chi connectivity index (χ4v) is 3.71. The van der Waals surface area contributed by atoms with E-state index in [9.17, 15) is 4.79 Å². The van der Waals surface area contributed by atoms with Crippen molar-refractivity contribution in [2.75, 3.05) is 5.32 Å². The van der Waals surface area contributed by atoms with Gasteiger partial charge in [0.2, 0.25) is 5.91 Å². The van der Waals surface area contributed by atoms with Crippen LogP contribution < -0.4 is 5.32 Å². The number of nitrogens with zero attached hydrogens (tertiary/aromatic N) is 4. The summed E-state index contributed by atoms with van der Waals surface area (Å²) in [4.78, 5) is 16.9. The largest absolute Gasteiger partial charge is 0.422 e. The summed E-state index contributed by atoms with van der Waals surface area (Å²) < 4.78 is 7.40. The zero-order valence-electron chi connectivity index (χ0n) is 15.0. The van der Waals surface area contributed by atoms with Gasteiger partial charge < -0.3 is 9.73 Å². The number of anilines is 1. The molecule has 1 atom stereocenters. The molecule has 1 amide bonds. The molecule has 28 heavy (non-hydrogen) atoms. The van der Waals surface area contributed by atoms with Crippen molar-refractivity contribution in [3.8, 4) is 12.1 Å². The van der Waals surface area contributed by atoms with Gasteiger partial charge in [-0.2, -0.15) is 20.0 Å². The average Bonchev–Trinajstić information content (AvgIpc) is 3.28. The molecule has 5 rings (SSSR count). The van der Waals surface area contributed by atoms with Crippen LogP contribution in [-0.4, -0.2) is 20.7 Å². The Balaban J connectivity index is 1.65. The van der Waals surface area contributed by atoms with Crippen molar-refractivity contribution in [2.24, 2.45) is 0 Å². The number of carbonyl (C=O) groups excluding carboxylic acids is 1. The summed E-state index contributed by atoms with van der Waals surface area (Å²) in [6, 6.07) is 17.2. The first kappa shape index (κ1) is 16.3. The molecular weight excluding hydrogens is 354 g/mol. The number of amides is 1. The highest BCUT2D eigenvalue weighted by Crippen LogP contribution is 2.40. The second-order valence-corrected chi connectivity index (χ2v) is 6.76. The molecule has 4 aromatic rings. The number of fused-ring (bicyclic) bond motifs is 2. The molecular formula is C21H15N5O2. The van der Waals surface area contributed by atoms with Crippen molar-refractivity contribution in [2.45, 2.75) is 19.3 Å². The third-order valence-electron chi connectivity index (χ3n) is 5.01. The van der Waals surface area contributed by atoms with Crippen molar-refractivity contribution in [3.63, 3.8) is 0 Å². The van der Waals surface area contributed by atoms with E-state index in [1.807, 2.05) is 43.3 Å². The maximum Gasteiger partial charge on any atom is 0.325 e. The Morgan fingerprint density at radius 2 is 2.00 bits per heavy atom. The van der Waals surface area contributed by atoms with Gasteiger partial charge in [0, 0.05) is 17.9 Å². The number of aromatic nitrogens is 3. The van der Waals surface area contributed by atoms with Gasteiger partial charge in [0.1, 0.15) is 11.3 Å². The summed E-state index contributed by atoms with van der Waals surface area (Å²) in [6.07, 6.45) is 0.318. The number of hydrogen-bond acceptors (Lipinski definition) is 5. The standard InChI is InChI=1S/C21H15N5O2/c1-12-19-15(14-8-6-13(11-22)7-9-14)10-18(27)24-20(19)26(25-12)21-23-16-4-2-3-5-17(16)28-21/h2-9,15H,10H2,1H3,(H,24,27). The third-order valence-corrected chi connectivity index (χ3v) is 5.01. The summed E-state index contributed by atoms with van der Waals surface area (Å²) in [5.41, 5.74) is 4.67. The van der Waals surface area contributed by atoms with Crippen LogP contribution in [0, 0.1) is 18.3 Å². The SMILES string of the molecule is Cc1nn(-c2nc3ccccc3o2)c2c1C(c1ccc(C#N)cc1)CC(=O)N2. The van der Waals surface area contributed by atoms with Crippen LogP contribution in [0.15, 0.2) is 52.9 Å². The molecule has 0 saturated heterocycles. The summed E-state index contributed by atoms with van der Waals surface area (Å²) in [5.74, 6) is 0.336. The number of rotatable bonds is 2. The average molecular weight is 369 g/mol. The Labute approximate surface area is 160 Å². The summed E-state index contributed by atoms with van der Waals surface area (Å²) in [5, 5.41) is 16.5. The topological polar surface area (TPSA) is 96.7 Å². The summed E-state index contributed by atoms with van der Waals surface area (Å²) in [7, 11) is 0. The van der Waals surface area contributed by atoms with Crippen LogP contribution in [0.2, 0.25) is 0 Å². The van der Waals surface area contributed by atoms with E-state index in [0.29, 0.717) is 29.4 Å². The maximum atomic E-state index is 12.4. The first-order valence-electron chi connectivity index (χ1n) is 8.89. The molecule has 0 spiro atoms. The predicted octanol–water partition coefficient (Wildman–Crippen LogP) is 3.67. The van der Waals surface area contributed by atoms with Gasteiger partial charge in [-0.15, -0.1) is 0 Å². The molecule has 1 aliphatic heterocycles. The van der Waals surface area contributed by atoms with Crippen molar-refractivity contribution in [1.82, 2.24) is 14.8 Å². The van der Waals surface area contributed by atoms with Crippen LogP contribution in [0.25, 0.3) is 17.1 Å². The number of oxazole rings is 1. The lowest BCUT2D eigenvalue weighted by Crippen LogP contribution is -2.25. The van der Waals surface area contributed by atoms with Gasteiger partial charge in [-0.05, 0) is 36.8 Å². The summed E-state index contributed by atoms with van der Waals surface area (Å²) in [6.45, 7) is 1.91. The Bertz CT molecular complexity index is 1230.